The second kappa shape index (κ2) is 6.59. The molecule has 1 aliphatic rings. The lowest BCUT2D eigenvalue weighted by Gasteiger charge is -2.20. The summed E-state index contributed by atoms with van der Waals surface area (Å²) in [5.74, 6) is -0.530. The third kappa shape index (κ3) is 3.62. The number of ether oxygens (including phenoxy) is 1. The highest BCUT2D eigenvalue weighted by atomic mass is 19.1. The number of carbonyl (C=O) groups is 1. The lowest BCUT2D eigenvalue weighted by molar-refractivity contribution is -0.133. The first-order valence-electron chi connectivity index (χ1n) is 7.04. The van der Waals surface area contributed by atoms with Crippen molar-refractivity contribution in [2.24, 2.45) is 0 Å². The monoisotopic (exact) mass is 280 g/mol. The van der Waals surface area contributed by atoms with Gasteiger partial charge in [-0.15, -0.1) is 0 Å². The van der Waals surface area contributed by atoms with Gasteiger partial charge in [0.2, 0.25) is 0 Å². The average Bonchev–Trinajstić information content (AvgIpc) is 2.70. The Morgan fingerprint density at radius 1 is 1.30 bits per heavy atom. The summed E-state index contributed by atoms with van der Waals surface area (Å²) in [7, 11) is 0. The van der Waals surface area contributed by atoms with Crippen LogP contribution in [0.1, 0.15) is 31.2 Å². The van der Waals surface area contributed by atoms with Gasteiger partial charge in [0.15, 0.2) is 18.2 Å². The van der Waals surface area contributed by atoms with Gasteiger partial charge in [0, 0.05) is 24.8 Å². The molecule has 1 aromatic rings. The predicted molar refractivity (Wildman–Crippen MR) is 76.1 cm³/mol. The van der Waals surface area contributed by atoms with Crippen LogP contribution in [0.25, 0.3) is 0 Å². The fourth-order valence-corrected chi connectivity index (χ4v) is 2.33. The minimum Gasteiger partial charge on any atom is -0.481 e. The molecule has 0 bridgehead atoms. The highest BCUT2D eigenvalue weighted by Gasteiger charge is 2.17. The summed E-state index contributed by atoms with van der Waals surface area (Å²) in [4.78, 5) is 13.8. The van der Waals surface area contributed by atoms with E-state index in [1.165, 1.54) is 12.1 Å². The molecular formula is C15H21FN2O2. The van der Waals surface area contributed by atoms with Crippen LogP contribution in [0.15, 0.2) is 12.1 Å². The molecular weight excluding hydrogens is 259 g/mol. The molecule has 0 atom stereocenters. The fraction of sp³-hybridized carbons (Fsp3) is 0.533. The van der Waals surface area contributed by atoms with E-state index in [1.54, 1.807) is 11.8 Å². The van der Waals surface area contributed by atoms with Crippen molar-refractivity contribution in [1.29, 1.82) is 0 Å². The number of carbonyl (C=O) groups excluding carboxylic acids is 1. The maximum atomic E-state index is 13.7. The summed E-state index contributed by atoms with van der Waals surface area (Å²) >= 11 is 0. The first-order valence-corrected chi connectivity index (χ1v) is 7.04. The fourth-order valence-electron chi connectivity index (χ4n) is 2.33. The number of hydrogen-bond donors (Lipinski definition) is 1. The molecule has 0 saturated carbocycles. The molecule has 1 fully saturated rings. The van der Waals surface area contributed by atoms with E-state index in [0.29, 0.717) is 5.69 Å². The van der Waals surface area contributed by atoms with Gasteiger partial charge in [-0.25, -0.2) is 4.39 Å². The van der Waals surface area contributed by atoms with Gasteiger partial charge in [-0.05, 0) is 31.4 Å². The van der Waals surface area contributed by atoms with Crippen LogP contribution in [0, 0.1) is 12.7 Å². The van der Waals surface area contributed by atoms with Crippen LogP contribution >= 0.6 is 0 Å². The van der Waals surface area contributed by atoms with Gasteiger partial charge in [0.25, 0.3) is 5.91 Å². The molecule has 0 aromatic heterocycles. The minimum absolute atomic E-state index is 0.0826. The molecule has 5 heteroatoms. The lowest BCUT2D eigenvalue weighted by Crippen LogP contribution is -2.35. The van der Waals surface area contributed by atoms with Crippen molar-refractivity contribution in [3.05, 3.63) is 23.5 Å². The van der Waals surface area contributed by atoms with Crippen molar-refractivity contribution < 1.29 is 13.9 Å². The molecule has 1 aliphatic heterocycles. The summed E-state index contributed by atoms with van der Waals surface area (Å²) in [5, 5.41) is 0. The van der Waals surface area contributed by atoms with Crippen molar-refractivity contribution in [3.63, 3.8) is 0 Å². The first-order chi connectivity index (χ1) is 9.58. The molecule has 2 rings (SSSR count). The van der Waals surface area contributed by atoms with Crippen LogP contribution in [0.2, 0.25) is 0 Å². The van der Waals surface area contributed by atoms with Crippen LogP contribution < -0.4 is 10.5 Å². The van der Waals surface area contributed by atoms with Crippen molar-refractivity contribution in [2.75, 3.05) is 25.4 Å². The molecule has 4 nitrogen and oxygen atoms in total. The van der Waals surface area contributed by atoms with Crippen molar-refractivity contribution in [3.8, 4) is 5.75 Å². The van der Waals surface area contributed by atoms with Gasteiger partial charge >= 0.3 is 0 Å². The molecule has 0 unspecified atom stereocenters. The Morgan fingerprint density at radius 3 is 2.60 bits per heavy atom. The average molecular weight is 280 g/mol. The number of anilines is 1. The van der Waals surface area contributed by atoms with E-state index in [2.05, 4.69) is 0 Å². The summed E-state index contributed by atoms with van der Waals surface area (Å²) < 4.78 is 19.0. The van der Waals surface area contributed by atoms with E-state index in [1.807, 2.05) is 0 Å². The Labute approximate surface area is 118 Å². The van der Waals surface area contributed by atoms with E-state index in [9.17, 15) is 9.18 Å². The number of nitrogen functional groups attached to an aromatic ring is 1. The number of likely N-dealkylation sites (tertiary alicyclic amines) is 1. The molecule has 110 valence electrons. The van der Waals surface area contributed by atoms with Crippen LogP contribution in [0.5, 0.6) is 5.75 Å². The maximum absolute atomic E-state index is 13.7. The van der Waals surface area contributed by atoms with E-state index in [4.69, 9.17) is 10.5 Å². The molecule has 1 amide bonds. The molecule has 20 heavy (non-hydrogen) atoms. The van der Waals surface area contributed by atoms with Gasteiger partial charge < -0.3 is 15.4 Å². The Hall–Kier alpha value is -1.78. The van der Waals surface area contributed by atoms with Crippen LogP contribution in [0.4, 0.5) is 10.1 Å². The smallest absolute Gasteiger partial charge is 0.260 e. The summed E-state index contributed by atoms with van der Waals surface area (Å²) in [5.41, 5.74) is 6.73. The zero-order valence-electron chi connectivity index (χ0n) is 11.8. The minimum atomic E-state index is -0.531. The predicted octanol–water partition coefficient (Wildman–Crippen LogP) is 2.50. The number of nitrogens with two attached hydrogens (primary N) is 1. The van der Waals surface area contributed by atoms with Crippen LogP contribution in [-0.2, 0) is 4.79 Å². The largest absolute Gasteiger partial charge is 0.481 e. The highest BCUT2D eigenvalue weighted by Crippen LogP contribution is 2.23. The third-order valence-electron chi connectivity index (χ3n) is 3.63. The highest BCUT2D eigenvalue weighted by molar-refractivity contribution is 5.77. The van der Waals surface area contributed by atoms with Gasteiger partial charge in [-0.1, -0.05) is 12.8 Å². The van der Waals surface area contributed by atoms with E-state index >= 15 is 0 Å². The quantitative estimate of drug-likeness (QED) is 0.865. The van der Waals surface area contributed by atoms with Gasteiger partial charge in [-0.3, -0.25) is 4.79 Å². The zero-order chi connectivity index (χ0) is 14.5. The van der Waals surface area contributed by atoms with Crippen LogP contribution in [0.3, 0.4) is 0 Å². The number of rotatable bonds is 3. The normalized spacial score (nSPS) is 15.8. The molecule has 1 saturated heterocycles. The second-order valence-electron chi connectivity index (χ2n) is 5.22. The number of halogens is 1. The van der Waals surface area contributed by atoms with Crippen molar-refractivity contribution >= 4 is 11.6 Å². The topological polar surface area (TPSA) is 55.6 Å². The van der Waals surface area contributed by atoms with Gasteiger partial charge in [0.05, 0.1) is 0 Å². The second-order valence-corrected chi connectivity index (χ2v) is 5.22. The molecule has 2 N–H and O–H groups in total. The summed E-state index contributed by atoms with van der Waals surface area (Å²) in [6.45, 7) is 3.19. The molecule has 1 aromatic carbocycles. The number of nitrogens with zero attached hydrogens (tertiary/aromatic N) is 1. The Morgan fingerprint density at radius 2 is 1.95 bits per heavy atom. The van der Waals surface area contributed by atoms with Gasteiger partial charge in [-0.2, -0.15) is 0 Å². The Kier molecular flexibility index (Phi) is 4.82. The summed E-state index contributed by atoms with van der Waals surface area (Å²) in [6, 6.07) is 2.75. The zero-order valence-corrected chi connectivity index (χ0v) is 11.8. The lowest BCUT2D eigenvalue weighted by atomic mass is 10.2. The summed E-state index contributed by atoms with van der Waals surface area (Å²) in [6.07, 6.45) is 4.38. The molecule has 1 heterocycles. The standard InChI is InChI=1S/C15H21FN2O2/c1-11-8-14(12(16)9-13(11)17)20-10-15(19)18-6-4-2-3-5-7-18/h8-9H,2-7,10,17H2,1H3. The first kappa shape index (κ1) is 14.6. The molecule has 0 spiro atoms. The number of amides is 1. The number of aryl methyl sites for hydroxylation is 1. The maximum Gasteiger partial charge on any atom is 0.260 e. The van der Waals surface area contributed by atoms with Crippen molar-refractivity contribution in [1.82, 2.24) is 4.90 Å². The van der Waals surface area contributed by atoms with E-state index in [-0.39, 0.29) is 18.3 Å². The Bertz CT molecular complexity index is 483. The molecule has 0 aliphatic carbocycles. The number of benzene rings is 1. The van der Waals surface area contributed by atoms with Gasteiger partial charge in [0.1, 0.15) is 0 Å². The molecule has 0 radical (unpaired) electrons. The van der Waals surface area contributed by atoms with E-state index < -0.39 is 5.82 Å². The Balaban J connectivity index is 1.94. The van der Waals surface area contributed by atoms with Crippen LogP contribution in [-0.4, -0.2) is 30.5 Å². The SMILES string of the molecule is Cc1cc(OCC(=O)N2CCCCCC2)c(F)cc1N. The van der Waals surface area contributed by atoms with Crippen molar-refractivity contribution in [2.45, 2.75) is 32.6 Å². The van der Waals surface area contributed by atoms with E-state index in [0.717, 1.165) is 44.3 Å². The third-order valence-corrected chi connectivity index (χ3v) is 3.63. The number of hydrogen-bond acceptors (Lipinski definition) is 3.